The maximum atomic E-state index is 13.2. The average molecular weight is 338 g/mol. The van der Waals surface area contributed by atoms with Crippen LogP contribution in [0.4, 0.5) is 0 Å². The summed E-state index contributed by atoms with van der Waals surface area (Å²) in [5.41, 5.74) is 1.81. The second-order valence-electron chi connectivity index (χ2n) is 6.32. The highest BCUT2D eigenvalue weighted by molar-refractivity contribution is 7.89. The van der Waals surface area contributed by atoms with Crippen LogP contribution in [0.1, 0.15) is 37.0 Å². The smallest absolute Gasteiger partial charge is 0.250 e. The van der Waals surface area contributed by atoms with Crippen molar-refractivity contribution < 1.29 is 12.8 Å². The summed E-state index contributed by atoms with van der Waals surface area (Å²) in [6.07, 6.45) is 1.95. The second kappa shape index (κ2) is 5.76. The normalized spacial score (nSPS) is 20.1. The van der Waals surface area contributed by atoms with Gasteiger partial charge in [-0.25, -0.2) is 8.42 Å². The van der Waals surface area contributed by atoms with Crippen molar-refractivity contribution in [2.24, 2.45) is 5.92 Å². The second-order valence-corrected chi connectivity index (χ2v) is 8.19. The van der Waals surface area contributed by atoms with E-state index in [2.05, 4.69) is 22.1 Å². The molecule has 23 heavy (non-hydrogen) atoms. The summed E-state index contributed by atoms with van der Waals surface area (Å²) in [6, 6.07) is 0. The molecular weight excluding hydrogens is 316 g/mol. The Morgan fingerprint density at radius 1 is 1.22 bits per heavy atom. The van der Waals surface area contributed by atoms with Crippen molar-refractivity contribution in [2.75, 3.05) is 13.1 Å². The number of nitrogens with zero attached hydrogens (tertiary/aromatic N) is 3. The van der Waals surface area contributed by atoms with Gasteiger partial charge in [0.25, 0.3) is 5.89 Å². The number of aromatic amines is 1. The highest BCUT2D eigenvalue weighted by Gasteiger charge is 2.35. The molecule has 0 amide bonds. The minimum absolute atomic E-state index is 0.244. The lowest BCUT2D eigenvalue weighted by Crippen LogP contribution is -2.39. The average Bonchev–Trinajstić information content (AvgIpc) is 3.02. The largest absolute Gasteiger partial charge is 0.421 e. The lowest BCUT2D eigenvalue weighted by molar-refractivity contribution is 0.281. The predicted molar refractivity (Wildman–Crippen MR) is 85.5 cm³/mol. The van der Waals surface area contributed by atoms with Gasteiger partial charge in [0.1, 0.15) is 4.90 Å². The summed E-state index contributed by atoms with van der Waals surface area (Å²) in [5, 5.41) is 7.83. The Morgan fingerprint density at radius 3 is 2.57 bits per heavy atom. The topological polar surface area (TPSA) is 92.1 Å². The molecule has 1 atom stereocenters. The van der Waals surface area contributed by atoms with Crippen LogP contribution in [-0.4, -0.2) is 41.0 Å². The van der Waals surface area contributed by atoms with Gasteiger partial charge in [0, 0.05) is 31.4 Å². The van der Waals surface area contributed by atoms with Crippen LogP contribution in [0.3, 0.4) is 0 Å². The van der Waals surface area contributed by atoms with Crippen LogP contribution in [0.25, 0.3) is 11.5 Å². The standard InChI is InChI=1S/C15H22N4O3S/c1-9-6-5-7-19(8-9)23(20,21)14-11(3)16-10(2)13(14)15-18-17-12(4)22-15/h9,16H,5-8H2,1-4H3. The Morgan fingerprint density at radius 2 is 1.96 bits per heavy atom. The van der Waals surface area contributed by atoms with Gasteiger partial charge in [-0.2, -0.15) is 4.31 Å². The number of sulfonamides is 1. The number of hydrogen-bond acceptors (Lipinski definition) is 5. The number of nitrogens with one attached hydrogen (secondary N) is 1. The first-order valence-electron chi connectivity index (χ1n) is 7.80. The van der Waals surface area contributed by atoms with Crippen molar-refractivity contribution in [1.29, 1.82) is 0 Å². The number of aryl methyl sites for hydroxylation is 3. The first kappa shape index (κ1) is 16.2. The molecule has 1 unspecified atom stereocenters. The highest BCUT2D eigenvalue weighted by atomic mass is 32.2. The number of piperidine rings is 1. The van der Waals surface area contributed by atoms with E-state index in [9.17, 15) is 8.42 Å². The molecule has 0 spiro atoms. The third-order valence-corrected chi connectivity index (χ3v) is 6.31. The van der Waals surface area contributed by atoms with Crippen molar-refractivity contribution in [3.63, 3.8) is 0 Å². The van der Waals surface area contributed by atoms with Gasteiger partial charge >= 0.3 is 0 Å². The molecule has 8 heteroatoms. The van der Waals surface area contributed by atoms with Crippen LogP contribution in [0.15, 0.2) is 9.31 Å². The zero-order chi connectivity index (χ0) is 16.8. The predicted octanol–water partition coefficient (Wildman–Crippen LogP) is 2.41. The Balaban J connectivity index is 2.12. The maximum absolute atomic E-state index is 13.2. The summed E-state index contributed by atoms with van der Waals surface area (Å²) < 4.78 is 33.4. The fourth-order valence-corrected chi connectivity index (χ4v) is 5.24. The van der Waals surface area contributed by atoms with Crippen LogP contribution in [0, 0.1) is 26.7 Å². The number of rotatable bonds is 3. The minimum Gasteiger partial charge on any atom is -0.421 e. The number of aromatic nitrogens is 3. The molecule has 0 aromatic carbocycles. The van der Waals surface area contributed by atoms with Crippen molar-refractivity contribution in [2.45, 2.75) is 45.4 Å². The monoisotopic (exact) mass is 338 g/mol. The summed E-state index contributed by atoms with van der Waals surface area (Å²) >= 11 is 0. The molecule has 1 aliphatic heterocycles. The number of H-pyrrole nitrogens is 1. The molecule has 1 fully saturated rings. The Kier molecular flexibility index (Phi) is 4.05. The molecule has 2 aromatic heterocycles. The van der Waals surface area contributed by atoms with Gasteiger partial charge in [-0.3, -0.25) is 0 Å². The van der Waals surface area contributed by atoms with E-state index in [-0.39, 0.29) is 10.8 Å². The molecule has 0 saturated carbocycles. The van der Waals surface area contributed by atoms with E-state index in [4.69, 9.17) is 4.42 Å². The fraction of sp³-hybridized carbons (Fsp3) is 0.600. The summed E-state index contributed by atoms with van der Waals surface area (Å²) in [6.45, 7) is 8.46. The van der Waals surface area contributed by atoms with Gasteiger partial charge in [-0.1, -0.05) is 6.92 Å². The molecule has 0 aliphatic carbocycles. The SMILES string of the molecule is Cc1nnc(-c2c(C)[nH]c(C)c2S(=O)(=O)N2CCCC(C)C2)o1. The zero-order valence-corrected chi connectivity index (χ0v) is 14.7. The molecule has 3 heterocycles. The van der Waals surface area contributed by atoms with Gasteiger partial charge in [-0.15, -0.1) is 10.2 Å². The molecule has 126 valence electrons. The van der Waals surface area contributed by atoms with Gasteiger partial charge in [0.05, 0.1) is 5.56 Å². The van der Waals surface area contributed by atoms with E-state index in [1.165, 1.54) is 0 Å². The van der Waals surface area contributed by atoms with Crippen molar-refractivity contribution in [1.82, 2.24) is 19.5 Å². The van der Waals surface area contributed by atoms with Gasteiger partial charge < -0.3 is 9.40 Å². The van der Waals surface area contributed by atoms with Crippen LogP contribution >= 0.6 is 0 Å². The Labute approximate surface area is 136 Å². The number of hydrogen-bond donors (Lipinski definition) is 1. The maximum Gasteiger partial charge on any atom is 0.250 e. The quantitative estimate of drug-likeness (QED) is 0.928. The van der Waals surface area contributed by atoms with Crippen LogP contribution in [0.5, 0.6) is 0 Å². The molecule has 0 radical (unpaired) electrons. The Bertz CT molecular complexity index is 822. The lowest BCUT2D eigenvalue weighted by atomic mass is 10.0. The van der Waals surface area contributed by atoms with Crippen LogP contribution in [0.2, 0.25) is 0 Å². The van der Waals surface area contributed by atoms with Gasteiger partial charge in [0.2, 0.25) is 15.9 Å². The molecule has 2 aromatic rings. The van der Waals surface area contributed by atoms with Crippen molar-refractivity contribution >= 4 is 10.0 Å². The fourth-order valence-electron chi connectivity index (χ4n) is 3.23. The molecule has 0 bridgehead atoms. The van der Waals surface area contributed by atoms with E-state index >= 15 is 0 Å². The van der Waals surface area contributed by atoms with Crippen molar-refractivity contribution in [3.8, 4) is 11.5 Å². The van der Waals surface area contributed by atoms with Crippen LogP contribution < -0.4 is 0 Å². The van der Waals surface area contributed by atoms with Crippen LogP contribution in [-0.2, 0) is 10.0 Å². The molecule has 7 nitrogen and oxygen atoms in total. The van der Waals surface area contributed by atoms with Gasteiger partial charge in [0.15, 0.2) is 0 Å². The molecule has 3 rings (SSSR count). The van der Waals surface area contributed by atoms with E-state index in [1.54, 1.807) is 18.2 Å². The lowest BCUT2D eigenvalue weighted by Gasteiger charge is -2.30. The third-order valence-electron chi connectivity index (χ3n) is 4.28. The molecule has 1 saturated heterocycles. The highest BCUT2D eigenvalue weighted by Crippen LogP contribution is 2.35. The zero-order valence-electron chi connectivity index (χ0n) is 13.9. The van der Waals surface area contributed by atoms with E-state index in [1.807, 2.05) is 6.92 Å². The van der Waals surface area contributed by atoms with E-state index in [0.29, 0.717) is 36.2 Å². The third kappa shape index (κ3) is 2.81. The van der Waals surface area contributed by atoms with Crippen molar-refractivity contribution in [3.05, 3.63) is 17.3 Å². The summed E-state index contributed by atoms with van der Waals surface area (Å²) in [4.78, 5) is 3.36. The van der Waals surface area contributed by atoms with Gasteiger partial charge in [-0.05, 0) is 32.6 Å². The van der Waals surface area contributed by atoms with E-state index in [0.717, 1.165) is 18.5 Å². The van der Waals surface area contributed by atoms with E-state index < -0.39 is 10.0 Å². The first-order chi connectivity index (χ1) is 10.8. The summed E-state index contributed by atoms with van der Waals surface area (Å²) in [7, 11) is -3.60. The minimum atomic E-state index is -3.60. The molecular formula is C15H22N4O3S. The Hall–Kier alpha value is -1.67. The summed E-state index contributed by atoms with van der Waals surface area (Å²) in [5.74, 6) is 1.02. The first-order valence-corrected chi connectivity index (χ1v) is 9.24. The molecule has 1 aliphatic rings. The molecule has 1 N–H and O–H groups in total.